The van der Waals surface area contributed by atoms with Crippen molar-refractivity contribution < 1.29 is 32.9 Å². The van der Waals surface area contributed by atoms with Gasteiger partial charge in [-0.3, -0.25) is 13.8 Å². The summed E-state index contributed by atoms with van der Waals surface area (Å²) >= 11 is 0. The third-order valence-electron chi connectivity index (χ3n) is 8.81. The minimum Gasteiger partial charge on any atom is -0.387 e. The second-order valence-corrected chi connectivity index (χ2v) is 16.8. The van der Waals surface area contributed by atoms with Gasteiger partial charge in [-0.1, -0.05) is 156 Å². The molecule has 3 unspecified atom stereocenters. The average molecular weight is 802 g/mol. The van der Waals surface area contributed by atoms with E-state index in [2.05, 4.69) is 104 Å². The fourth-order valence-corrected chi connectivity index (χ4v) is 6.11. The highest BCUT2D eigenvalue weighted by Gasteiger charge is 2.27. The van der Waals surface area contributed by atoms with Gasteiger partial charge in [-0.15, -0.1) is 0 Å². The fourth-order valence-electron chi connectivity index (χ4n) is 5.37. The summed E-state index contributed by atoms with van der Waals surface area (Å²) in [5.41, 5.74) is 0. The van der Waals surface area contributed by atoms with E-state index in [4.69, 9.17) is 9.05 Å². The summed E-state index contributed by atoms with van der Waals surface area (Å²) in [5.74, 6) is -0.218. The number of allylic oxidation sites excluding steroid dienone is 15. The van der Waals surface area contributed by atoms with Crippen molar-refractivity contribution in [3.05, 3.63) is 97.2 Å². The Morgan fingerprint density at radius 1 is 0.625 bits per heavy atom. The predicted octanol–water partition coefficient (Wildman–Crippen LogP) is 12.0. The lowest BCUT2D eigenvalue weighted by Crippen LogP contribution is -2.45. The van der Waals surface area contributed by atoms with Crippen molar-refractivity contribution in [2.45, 2.75) is 154 Å². The van der Waals surface area contributed by atoms with Gasteiger partial charge in [-0.05, 0) is 77.0 Å². The molecule has 9 heteroatoms. The normalized spacial score (nSPS) is 15.3. The molecule has 0 aliphatic carbocycles. The molecule has 0 radical (unpaired) electrons. The molecule has 0 saturated carbocycles. The van der Waals surface area contributed by atoms with Gasteiger partial charge in [-0.25, -0.2) is 4.57 Å². The number of aliphatic hydroxyl groups excluding tert-OH is 1. The van der Waals surface area contributed by atoms with Crippen LogP contribution >= 0.6 is 7.82 Å². The molecule has 0 aliphatic rings. The first kappa shape index (κ1) is 53.4. The van der Waals surface area contributed by atoms with Crippen LogP contribution in [0.15, 0.2) is 97.2 Å². The number of quaternary nitrogens is 1. The first-order valence-electron chi connectivity index (χ1n) is 21.6. The number of carbonyl (C=O) groups is 1. The van der Waals surface area contributed by atoms with E-state index in [1.807, 2.05) is 27.2 Å². The highest BCUT2D eigenvalue weighted by molar-refractivity contribution is 7.47. The van der Waals surface area contributed by atoms with Gasteiger partial charge in [0.25, 0.3) is 0 Å². The van der Waals surface area contributed by atoms with E-state index in [9.17, 15) is 19.4 Å². The standard InChI is InChI=1S/C47H81N2O6P/c1-6-8-10-12-14-16-17-18-19-20-21-22-23-24-25-26-27-28-29-30-31-33-35-37-39-41-47(51)48-45(44-55-56(52,53)54-43-42-49(3,4)5)46(50)40-38-36-34-32-15-13-11-9-7-2/h8,10,14,16,18-19,21-22,24-25,27-28,30-31,38,40,45-46,50H,6-7,9,11-13,15,17,20,23,26,29,32-37,39,41-44H2,1-5H3,(H-,48,51,52,53)/p+1/b10-8-,16-14-,19-18-,22-21-,25-24-,28-27-,31-30-,40-38+. The van der Waals surface area contributed by atoms with E-state index >= 15 is 0 Å². The highest BCUT2D eigenvalue weighted by Crippen LogP contribution is 2.43. The van der Waals surface area contributed by atoms with Gasteiger partial charge in [-0.2, -0.15) is 0 Å². The van der Waals surface area contributed by atoms with Crippen LogP contribution < -0.4 is 5.32 Å². The van der Waals surface area contributed by atoms with Gasteiger partial charge < -0.3 is 19.8 Å². The van der Waals surface area contributed by atoms with Gasteiger partial charge in [0.1, 0.15) is 13.2 Å². The minimum absolute atomic E-state index is 0.0485. The number of nitrogens with zero attached hydrogens (tertiary/aromatic N) is 1. The number of carbonyl (C=O) groups excluding carboxylic acids is 1. The molecule has 0 heterocycles. The Balaban J connectivity index is 4.40. The number of nitrogens with one attached hydrogen (secondary N) is 1. The van der Waals surface area contributed by atoms with Gasteiger partial charge in [0.2, 0.25) is 5.91 Å². The number of hydrogen-bond donors (Lipinski definition) is 3. The molecular formula is C47H82N2O6P+. The molecule has 0 spiro atoms. The number of aliphatic hydroxyl groups is 1. The summed E-state index contributed by atoms with van der Waals surface area (Å²) in [5, 5.41) is 13.7. The fraction of sp³-hybridized carbons (Fsp3) is 0.638. The molecule has 8 nitrogen and oxygen atoms in total. The van der Waals surface area contributed by atoms with Crippen molar-refractivity contribution in [3.63, 3.8) is 0 Å². The minimum atomic E-state index is -4.35. The van der Waals surface area contributed by atoms with Gasteiger partial charge in [0.05, 0.1) is 39.9 Å². The maximum atomic E-state index is 12.8. The molecule has 0 bridgehead atoms. The van der Waals surface area contributed by atoms with Crippen molar-refractivity contribution >= 4 is 13.7 Å². The van der Waals surface area contributed by atoms with Crippen molar-refractivity contribution in [2.24, 2.45) is 0 Å². The van der Waals surface area contributed by atoms with Crippen LogP contribution in [-0.2, 0) is 18.4 Å². The molecule has 320 valence electrons. The van der Waals surface area contributed by atoms with E-state index < -0.39 is 20.0 Å². The Kier molecular flexibility index (Phi) is 36.2. The second kappa shape index (κ2) is 38.0. The number of amides is 1. The molecule has 3 atom stereocenters. The van der Waals surface area contributed by atoms with E-state index in [0.717, 1.165) is 89.9 Å². The molecule has 56 heavy (non-hydrogen) atoms. The Hall–Kier alpha value is -2.58. The zero-order valence-electron chi connectivity index (χ0n) is 36.1. The topological polar surface area (TPSA) is 105 Å². The quantitative estimate of drug-likeness (QED) is 0.0250. The van der Waals surface area contributed by atoms with Gasteiger partial charge in [0.15, 0.2) is 0 Å². The summed E-state index contributed by atoms with van der Waals surface area (Å²) in [6.07, 6.45) is 53.4. The van der Waals surface area contributed by atoms with E-state index in [1.54, 1.807) is 6.08 Å². The molecule has 0 aromatic heterocycles. The van der Waals surface area contributed by atoms with E-state index in [-0.39, 0.29) is 19.1 Å². The molecule has 0 aliphatic heterocycles. The maximum Gasteiger partial charge on any atom is 0.472 e. The van der Waals surface area contributed by atoms with Crippen LogP contribution in [-0.4, -0.2) is 73.4 Å². The summed E-state index contributed by atoms with van der Waals surface area (Å²) in [6, 6.07) is -0.868. The van der Waals surface area contributed by atoms with Crippen LogP contribution in [0.4, 0.5) is 0 Å². The Morgan fingerprint density at radius 3 is 1.57 bits per heavy atom. The molecule has 3 N–H and O–H groups in total. The van der Waals surface area contributed by atoms with Crippen LogP contribution in [0.25, 0.3) is 0 Å². The first-order valence-corrected chi connectivity index (χ1v) is 23.1. The van der Waals surface area contributed by atoms with Crippen LogP contribution in [0, 0.1) is 0 Å². The number of likely N-dealkylation sites (N-methyl/N-ethyl adjacent to an activating group) is 1. The van der Waals surface area contributed by atoms with Crippen LogP contribution in [0.5, 0.6) is 0 Å². The Morgan fingerprint density at radius 2 is 1.07 bits per heavy atom. The molecule has 0 rings (SSSR count). The van der Waals surface area contributed by atoms with Crippen LogP contribution in [0.2, 0.25) is 0 Å². The summed E-state index contributed by atoms with van der Waals surface area (Å²) in [6.45, 7) is 4.60. The molecule has 0 aromatic carbocycles. The van der Waals surface area contributed by atoms with E-state index in [0.29, 0.717) is 17.4 Å². The van der Waals surface area contributed by atoms with E-state index in [1.165, 1.54) is 32.1 Å². The molecule has 0 fully saturated rings. The predicted molar refractivity (Wildman–Crippen MR) is 239 cm³/mol. The number of hydrogen-bond acceptors (Lipinski definition) is 5. The summed E-state index contributed by atoms with van der Waals surface area (Å²) in [4.78, 5) is 23.0. The maximum absolute atomic E-state index is 12.8. The molecule has 0 saturated heterocycles. The average Bonchev–Trinajstić information content (AvgIpc) is 3.15. The van der Waals surface area contributed by atoms with Crippen LogP contribution in [0.3, 0.4) is 0 Å². The lowest BCUT2D eigenvalue weighted by Gasteiger charge is -2.25. The Bertz CT molecular complexity index is 1230. The lowest BCUT2D eigenvalue weighted by atomic mass is 10.1. The zero-order chi connectivity index (χ0) is 41.4. The molecule has 1 amide bonds. The monoisotopic (exact) mass is 802 g/mol. The summed E-state index contributed by atoms with van der Waals surface area (Å²) in [7, 11) is 1.53. The summed E-state index contributed by atoms with van der Waals surface area (Å²) < 4.78 is 23.4. The second-order valence-electron chi connectivity index (χ2n) is 15.3. The van der Waals surface area contributed by atoms with Crippen molar-refractivity contribution in [1.82, 2.24) is 5.32 Å². The number of phosphoric ester groups is 1. The first-order chi connectivity index (χ1) is 27.0. The van der Waals surface area contributed by atoms with Crippen molar-refractivity contribution in [3.8, 4) is 0 Å². The largest absolute Gasteiger partial charge is 0.472 e. The third-order valence-corrected chi connectivity index (χ3v) is 9.79. The number of rotatable bonds is 37. The smallest absolute Gasteiger partial charge is 0.387 e. The van der Waals surface area contributed by atoms with Gasteiger partial charge in [0, 0.05) is 6.42 Å². The number of phosphoric acid groups is 1. The van der Waals surface area contributed by atoms with Crippen molar-refractivity contribution in [2.75, 3.05) is 40.9 Å². The van der Waals surface area contributed by atoms with Crippen molar-refractivity contribution in [1.29, 1.82) is 0 Å². The lowest BCUT2D eigenvalue weighted by molar-refractivity contribution is -0.870. The number of unbranched alkanes of at least 4 members (excludes halogenated alkanes) is 10. The molecule has 0 aromatic rings. The van der Waals surface area contributed by atoms with Gasteiger partial charge >= 0.3 is 7.82 Å². The SMILES string of the molecule is CC/C=C\C/C=C\C/C=C\C/C=C\C/C=C\C/C=C\C/C=C\CCCCCC(=O)NC(COP(=O)(O)OCC[N+](C)(C)C)C(O)/C=C/CCCCCCCCC. The molecular weight excluding hydrogens is 719 g/mol. The zero-order valence-corrected chi connectivity index (χ0v) is 37.0. The Labute approximate surface area is 343 Å². The van der Waals surface area contributed by atoms with Crippen LogP contribution in [0.1, 0.15) is 142 Å². The highest BCUT2D eigenvalue weighted by atomic mass is 31.2. The third kappa shape index (κ3) is 39.6.